The molecule has 0 spiro atoms. The zero-order valence-electron chi connectivity index (χ0n) is 15.4. The highest BCUT2D eigenvalue weighted by Gasteiger charge is 2.21. The van der Waals surface area contributed by atoms with Crippen LogP contribution < -0.4 is 5.32 Å². The van der Waals surface area contributed by atoms with Gasteiger partial charge in [-0.1, -0.05) is 57.1 Å². The number of carbonyl (C=O) groups excluding carboxylic acids is 1. The van der Waals surface area contributed by atoms with E-state index in [9.17, 15) is 9.90 Å². The van der Waals surface area contributed by atoms with E-state index < -0.39 is 6.04 Å². The maximum absolute atomic E-state index is 12.2. The minimum atomic E-state index is -0.411. The van der Waals surface area contributed by atoms with Crippen LogP contribution in [-0.4, -0.2) is 27.8 Å². The van der Waals surface area contributed by atoms with Gasteiger partial charge in [0.15, 0.2) is 5.82 Å². The lowest BCUT2D eigenvalue weighted by Crippen LogP contribution is -2.31. The number of benzene rings is 1. The van der Waals surface area contributed by atoms with Crippen molar-refractivity contribution in [3.8, 4) is 0 Å². The molecular weight excluding hydrogens is 318 g/mol. The Bertz CT molecular complexity index is 687. The Morgan fingerprint density at radius 1 is 1.28 bits per heavy atom. The van der Waals surface area contributed by atoms with Crippen molar-refractivity contribution in [2.75, 3.05) is 6.61 Å². The van der Waals surface area contributed by atoms with Gasteiger partial charge in [0.25, 0.3) is 0 Å². The van der Waals surface area contributed by atoms with Crippen molar-refractivity contribution in [3.05, 3.63) is 47.1 Å². The van der Waals surface area contributed by atoms with Gasteiger partial charge in [-0.15, -0.1) is 0 Å². The van der Waals surface area contributed by atoms with Crippen LogP contribution in [0.3, 0.4) is 0 Å². The number of nitrogens with zero attached hydrogens (tertiary/aromatic N) is 2. The highest BCUT2D eigenvalue weighted by molar-refractivity contribution is 5.76. The van der Waals surface area contributed by atoms with Gasteiger partial charge in [0.05, 0.1) is 12.6 Å². The van der Waals surface area contributed by atoms with Gasteiger partial charge in [0, 0.05) is 18.3 Å². The van der Waals surface area contributed by atoms with Crippen molar-refractivity contribution in [1.82, 2.24) is 15.5 Å². The third-order valence-electron chi connectivity index (χ3n) is 4.01. The fourth-order valence-corrected chi connectivity index (χ4v) is 2.37. The predicted octanol–water partition coefficient (Wildman–Crippen LogP) is 2.71. The Balaban J connectivity index is 1.90. The number of nitrogens with one attached hydrogen (secondary N) is 1. The Kier molecular flexibility index (Phi) is 6.31. The zero-order chi connectivity index (χ0) is 18.4. The Hall–Kier alpha value is -2.21. The number of aromatic nitrogens is 2. The molecule has 0 bridgehead atoms. The molecule has 6 nitrogen and oxygen atoms in total. The summed E-state index contributed by atoms with van der Waals surface area (Å²) in [6.45, 7) is 7.95. The highest BCUT2D eigenvalue weighted by Crippen LogP contribution is 2.19. The summed E-state index contributed by atoms with van der Waals surface area (Å²) in [5.74, 6) is 0.925. The Morgan fingerprint density at radius 3 is 2.48 bits per heavy atom. The second-order valence-corrected chi connectivity index (χ2v) is 7.16. The molecule has 2 rings (SSSR count). The molecule has 2 N–H and O–H groups in total. The van der Waals surface area contributed by atoms with E-state index in [1.165, 1.54) is 5.56 Å². The maximum Gasteiger partial charge on any atom is 0.227 e. The molecule has 0 aliphatic heterocycles. The average Bonchev–Trinajstić information content (AvgIpc) is 3.07. The van der Waals surface area contributed by atoms with Gasteiger partial charge in [-0.2, -0.15) is 4.98 Å². The highest BCUT2D eigenvalue weighted by atomic mass is 16.5. The monoisotopic (exact) mass is 345 g/mol. The standard InChI is InChI=1S/C19H27N3O3/c1-5-13-6-8-14(9-7-13)15(12-23)20-16(24)10-11-17-21-18(22-25-17)19(2,3)4/h6-9,15,23H,5,10-12H2,1-4H3,(H,20,24). The maximum atomic E-state index is 12.2. The molecule has 0 saturated carbocycles. The molecule has 1 unspecified atom stereocenters. The molecule has 0 saturated heterocycles. The second kappa shape index (κ2) is 8.25. The summed E-state index contributed by atoms with van der Waals surface area (Å²) in [5.41, 5.74) is 1.93. The average molecular weight is 345 g/mol. The van der Waals surface area contributed by atoms with Crippen LogP contribution in [-0.2, 0) is 23.1 Å². The van der Waals surface area contributed by atoms with E-state index >= 15 is 0 Å². The minimum absolute atomic E-state index is 0.147. The first-order valence-corrected chi connectivity index (χ1v) is 8.65. The van der Waals surface area contributed by atoms with Crippen LogP contribution in [0.4, 0.5) is 0 Å². The summed E-state index contributed by atoms with van der Waals surface area (Å²) >= 11 is 0. The van der Waals surface area contributed by atoms with E-state index in [0.29, 0.717) is 18.1 Å². The Labute approximate surface area is 148 Å². The normalized spacial score (nSPS) is 12.8. The number of rotatable bonds is 7. The second-order valence-electron chi connectivity index (χ2n) is 7.16. The van der Waals surface area contributed by atoms with Crippen molar-refractivity contribution in [3.63, 3.8) is 0 Å². The van der Waals surface area contributed by atoms with Gasteiger partial charge < -0.3 is 14.9 Å². The number of carbonyl (C=O) groups is 1. The lowest BCUT2D eigenvalue weighted by Gasteiger charge is -2.17. The molecular formula is C19H27N3O3. The summed E-state index contributed by atoms with van der Waals surface area (Å²) in [6.07, 6.45) is 1.56. The molecule has 1 aromatic carbocycles. The van der Waals surface area contributed by atoms with Crippen molar-refractivity contribution in [2.45, 2.75) is 58.4 Å². The van der Waals surface area contributed by atoms with Gasteiger partial charge in [0.2, 0.25) is 11.8 Å². The molecule has 0 aliphatic rings. The predicted molar refractivity (Wildman–Crippen MR) is 95.1 cm³/mol. The van der Waals surface area contributed by atoms with Gasteiger partial charge >= 0.3 is 0 Å². The third-order valence-corrected chi connectivity index (χ3v) is 4.01. The summed E-state index contributed by atoms with van der Waals surface area (Å²) in [6, 6.07) is 7.49. The fraction of sp³-hybridized carbons (Fsp3) is 0.526. The van der Waals surface area contributed by atoms with E-state index in [1.807, 2.05) is 45.0 Å². The molecule has 0 aliphatic carbocycles. The van der Waals surface area contributed by atoms with Crippen molar-refractivity contribution in [2.24, 2.45) is 0 Å². The summed E-state index contributed by atoms with van der Waals surface area (Å²) < 4.78 is 5.19. The van der Waals surface area contributed by atoms with Gasteiger partial charge in [-0.05, 0) is 17.5 Å². The summed E-state index contributed by atoms with van der Waals surface area (Å²) in [7, 11) is 0. The molecule has 2 aromatic rings. The largest absolute Gasteiger partial charge is 0.394 e. The third kappa shape index (κ3) is 5.39. The Morgan fingerprint density at radius 2 is 1.96 bits per heavy atom. The quantitative estimate of drug-likeness (QED) is 0.805. The molecule has 1 atom stereocenters. The van der Waals surface area contributed by atoms with Crippen molar-refractivity contribution in [1.29, 1.82) is 0 Å². The number of amides is 1. The number of aliphatic hydroxyl groups excluding tert-OH is 1. The number of aliphatic hydroxyl groups is 1. The van der Waals surface area contributed by atoms with Crippen LogP contribution in [0, 0.1) is 0 Å². The lowest BCUT2D eigenvalue weighted by molar-refractivity contribution is -0.122. The lowest BCUT2D eigenvalue weighted by atomic mass is 9.96. The molecule has 25 heavy (non-hydrogen) atoms. The first-order chi connectivity index (χ1) is 11.8. The van der Waals surface area contributed by atoms with Crippen LogP contribution in [0.25, 0.3) is 0 Å². The van der Waals surface area contributed by atoms with E-state index in [4.69, 9.17) is 4.52 Å². The smallest absolute Gasteiger partial charge is 0.227 e. The van der Waals surface area contributed by atoms with Crippen LogP contribution in [0.2, 0.25) is 0 Å². The summed E-state index contributed by atoms with van der Waals surface area (Å²) in [5, 5.41) is 16.4. The first kappa shape index (κ1) is 19.1. The van der Waals surface area contributed by atoms with E-state index in [0.717, 1.165) is 12.0 Å². The minimum Gasteiger partial charge on any atom is -0.394 e. The van der Waals surface area contributed by atoms with Crippen molar-refractivity contribution >= 4 is 5.91 Å². The van der Waals surface area contributed by atoms with Crippen LogP contribution >= 0.6 is 0 Å². The fourth-order valence-electron chi connectivity index (χ4n) is 2.37. The van der Waals surface area contributed by atoms with E-state index in [2.05, 4.69) is 22.4 Å². The molecule has 0 radical (unpaired) electrons. The molecule has 6 heteroatoms. The SMILES string of the molecule is CCc1ccc(C(CO)NC(=O)CCc2nc(C(C)(C)C)no2)cc1. The van der Waals surface area contributed by atoms with Crippen LogP contribution in [0.1, 0.15) is 63.0 Å². The molecule has 136 valence electrons. The molecule has 1 amide bonds. The molecule has 1 heterocycles. The van der Waals surface area contributed by atoms with Gasteiger partial charge in [-0.3, -0.25) is 4.79 Å². The van der Waals surface area contributed by atoms with Crippen LogP contribution in [0.15, 0.2) is 28.8 Å². The topological polar surface area (TPSA) is 88.2 Å². The summed E-state index contributed by atoms with van der Waals surface area (Å²) in [4.78, 5) is 16.5. The number of hydrogen-bond acceptors (Lipinski definition) is 5. The number of aryl methyl sites for hydroxylation is 2. The van der Waals surface area contributed by atoms with E-state index in [-0.39, 0.29) is 24.3 Å². The molecule has 1 aromatic heterocycles. The van der Waals surface area contributed by atoms with Crippen LogP contribution in [0.5, 0.6) is 0 Å². The van der Waals surface area contributed by atoms with Gasteiger partial charge in [-0.25, -0.2) is 0 Å². The van der Waals surface area contributed by atoms with Crippen molar-refractivity contribution < 1.29 is 14.4 Å². The van der Waals surface area contributed by atoms with Gasteiger partial charge in [0.1, 0.15) is 0 Å². The zero-order valence-corrected chi connectivity index (χ0v) is 15.4. The molecule has 0 fully saturated rings. The number of hydrogen-bond donors (Lipinski definition) is 2. The first-order valence-electron chi connectivity index (χ1n) is 8.65. The van der Waals surface area contributed by atoms with E-state index in [1.54, 1.807) is 0 Å².